The lowest BCUT2D eigenvalue weighted by Gasteiger charge is -2.39. The zero-order valence-corrected chi connectivity index (χ0v) is 12.5. The van der Waals surface area contributed by atoms with Crippen LogP contribution in [0.15, 0.2) is 0 Å². The van der Waals surface area contributed by atoms with Crippen molar-refractivity contribution in [3.05, 3.63) is 11.3 Å². The Labute approximate surface area is 114 Å². The predicted molar refractivity (Wildman–Crippen MR) is 79.1 cm³/mol. The Bertz CT molecular complexity index is 476. The smallest absolute Gasteiger partial charge is 0.137 e. The number of aromatic nitrogens is 2. The number of piperidine rings is 1. The van der Waals surface area contributed by atoms with E-state index in [4.69, 9.17) is 18.0 Å². The van der Waals surface area contributed by atoms with Crippen molar-refractivity contribution in [2.24, 2.45) is 18.2 Å². The number of nitrogens with zero attached hydrogens (tertiary/aromatic N) is 3. The monoisotopic (exact) mass is 266 g/mol. The van der Waals surface area contributed by atoms with E-state index in [1.165, 1.54) is 12.8 Å². The van der Waals surface area contributed by atoms with Crippen molar-refractivity contribution in [3.8, 4) is 0 Å². The second-order valence-electron chi connectivity index (χ2n) is 5.96. The van der Waals surface area contributed by atoms with Crippen LogP contribution in [-0.4, -0.2) is 27.9 Å². The first kappa shape index (κ1) is 13.3. The Kier molecular flexibility index (Phi) is 3.36. The van der Waals surface area contributed by atoms with Crippen LogP contribution in [0.4, 0.5) is 5.82 Å². The Morgan fingerprint density at radius 3 is 2.67 bits per heavy atom. The number of hydrogen-bond acceptors (Lipinski definition) is 3. The van der Waals surface area contributed by atoms with Gasteiger partial charge >= 0.3 is 0 Å². The molecule has 0 amide bonds. The zero-order valence-electron chi connectivity index (χ0n) is 11.7. The van der Waals surface area contributed by atoms with E-state index in [1.807, 2.05) is 18.7 Å². The summed E-state index contributed by atoms with van der Waals surface area (Å²) >= 11 is 5.17. The minimum absolute atomic E-state index is 0.337. The number of anilines is 1. The van der Waals surface area contributed by atoms with E-state index in [2.05, 4.69) is 23.8 Å². The molecular weight excluding hydrogens is 244 g/mol. The summed E-state index contributed by atoms with van der Waals surface area (Å²) in [5.74, 6) is 1.08. The van der Waals surface area contributed by atoms with Gasteiger partial charge in [0.15, 0.2) is 0 Å². The Morgan fingerprint density at radius 1 is 1.44 bits per heavy atom. The maximum absolute atomic E-state index is 5.85. The fourth-order valence-electron chi connectivity index (χ4n) is 2.90. The fraction of sp³-hybridized carbons (Fsp3) is 0.692. The van der Waals surface area contributed by atoms with Crippen LogP contribution < -0.4 is 10.6 Å². The van der Waals surface area contributed by atoms with Gasteiger partial charge in [0.05, 0.1) is 11.3 Å². The molecule has 2 N–H and O–H groups in total. The van der Waals surface area contributed by atoms with E-state index in [0.717, 1.165) is 30.2 Å². The van der Waals surface area contributed by atoms with Crippen molar-refractivity contribution in [3.63, 3.8) is 0 Å². The molecule has 0 atom stereocenters. The third-order valence-electron chi connectivity index (χ3n) is 3.64. The van der Waals surface area contributed by atoms with Crippen LogP contribution in [0.3, 0.4) is 0 Å². The number of nitrogens with two attached hydrogens (primary N) is 1. The van der Waals surface area contributed by atoms with Gasteiger partial charge in [-0.2, -0.15) is 5.10 Å². The molecule has 4 nitrogen and oxygen atoms in total. The molecule has 1 aliphatic heterocycles. The van der Waals surface area contributed by atoms with Crippen LogP contribution in [0.25, 0.3) is 0 Å². The quantitative estimate of drug-likeness (QED) is 0.832. The maximum atomic E-state index is 5.85. The molecule has 1 aliphatic rings. The lowest BCUT2D eigenvalue weighted by atomic mass is 9.84. The normalized spacial score (nSPS) is 19.0. The van der Waals surface area contributed by atoms with E-state index >= 15 is 0 Å². The SMILES string of the molecule is Cc1nn(C)c(N2CCCC(C)(C)C2)c1C(N)=S. The van der Waals surface area contributed by atoms with Gasteiger partial charge in [-0.3, -0.25) is 4.68 Å². The van der Waals surface area contributed by atoms with Gasteiger partial charge in [-0.1, -0.05) is 26.1 Å². The van der Waals surface area contributed by atoms with Gasteiger partial charge in [0.2, 0.25) is 0 Å². The number of thiocarbonyl (C=S) groups is 1. The van der Waals surface area contributed by atoms with E-state index in [-0.39, 0.29) is 0 Å². The van der Waals surface area contributed by atoms with E-state index in [9.17, 15) is 0 Å². The summed E-state index contributed by atoms with van der Waals surface area (Å²) in [6.07, 6.45) is 2.47. The first-order valence-corrected chi connectivity index (χ1v) is 6.81. The van der Waals surface area contributed by atoms with Gasteiger partial charge in [0.1, 0.15) is 10.8 Å². The zero-order chi connectivity index (χ0) is 13.5. The molecule has 5 heteroatoms. The van der Waals surface area contributed by atoms with Crippen LogP contribution in [0.5, 0.6) is 0 Å². The molecule has 1 aromatic heterocycles. The van der Waals surface area contributed by atoms with Gasteiger partial charge in [0.25, 0.3) is 0 Å². The topological polar surface area (TPSA) is 47.1 Å². The highest BCUT2D eigenvalue weighted by molar-refractivity contribution is 7.80. The molecule has 0 unspecified atom stereocenters. The minimum Gasteiger partial charge on any atom is -0.389 e. The van der Waals surface area contributed by atoms with Gasteiger partial charge < -0.3 is 10.6 Å². The average Bonchev–Trinajstić information content (AvgIpc) is 2.51. The van der Waals surface area contributed by atoms with E-state index < -0.39 is 0 Å². The second kappa shape index (κ2) is 4.53. The third-order valence-corrected chi connectivity index (χ3v) is 3.84. The maximum Gasteiger partial charge on any atom is 0.137 e. The Hall–Kier alpha value is -1.10. The van der Waals surface area contributed by atoms with Gasteiger partial charge in [-0.05, 0) is 25.2 Å². The summed E-state index contributed by atoms with van der Waals surface area (Å²) in [5, 5.41) is 4.46. The molecule has 18 heavy (non-hydrogen) atoms. The highest BCUT2D eigenvalue weighted by atomic mass is 32.1. The van der Waals surface area contributed by atoms with Crippen molar-refractivity contribution in [2.45, 2.75) is 33.6 Å². The number of rotatable bonds is 2. The van der Waals surface area contributed by atoms with Crippen molar-refractivity contribution in [2.75, 3.05) is 18.0 Å². The molecule has 1 aromatic rings. The number of aryl methyl sites for hydroxylation is 2. The molecule has 0 saturated carbocycles. The largest absolute Gasteiger partial charge is 0.389 e. The molecule has 0 bridgehead atoms. The van der Waals surface area contributed by atoms with Crippen LogP contribution in [0.2, 0.25) is 0 Å². The summed E-state index contributed by atoms with van der Waals surface area (Å²) in [6, 6.07) is 0. The summed E-state index contributed by atoms with van der Waals surface area (Å²) in [7, 11) is 1.96. The molecule has 2 heterocycles. The highest BCUT2D eigenvalue weighted by Crippen LogP contribution is 2.33. The molecule has 1 saturated heterocycles. The summed E-state index contributed by atoms with van der Waals surface area (Å²) in [5.41, 5.74) is 8.05. The lowest BCUT2D eigenvalue weighted by Crippen LogP contribution is -2.41. The second-order valence-corrected chi connectivity index (χ2v) is 6.40. The Morgan fingerprint density at radius 2 is 2.11 bits per heavy atom. The number of hydrogen-bond donors (Lipinski definition) is 1. The van der Waals surface area contributed by atoms with Gasteiger partial charge in [-0.25, -0.2) is 0 Å². The van der Waals surface area contributed by atoms with Crippen molar-refractivity contribution in [1.82, 2.24) is 9.78 Å². The lowest BCUT2D eigenvalue weighted by molar-refractivity contribution is 0.290. The molecule has 1 fully saturated rings. The molecule has 0 radical (unpaired) electrons. The summed E-state index contributed by atoms with van der Waals surface area (Å²) < 4.78 is 1.91. The Balaban J connectivity index is 2.41. The summed E-state index contributed by atoms with van der Waals surface area (Å²) in [4.78, 5) is 2.82. The van der Waals surface area contributed by atoms with Crippen molar-refractivity contribution in [1.29, 1.82) is 0 Å². The molecule has 2 rings (SSSR count). The fourth-order valence-corrected chi connectivity index (χ4v) is 3.14. The van der Waals surface area contributed by atoms with Crippen LogP contribution in [-0.2, 0) is 7.05 Å². The van der Waals surface area contributed by atoms with Crippen molar-refractivity contribution < 1.29 is 0 Å². The molecule has 0 aromatic carbocycles. The van der Waals surface area contributed by atoms with Crippen molar-refractivity contribution >= 4 is 23.0 Å². The molecule has 0 spiro atoms. The third kappa shape index (κ3) is 2.36. The van der Waals surface area contributed by atoms with Crippen LogP contribution in [0.1, 0.15) is 37.9 Å². The highest BCUT2D eigenvalue weighted by Gasteiger charge is 2.30. The first-order valence-electron chi connectivity index (χ1n) is 6.40. The molecule has 0 aliphatic carbocycles. The first-order chi connectivity index (χ1) is 8.32. The molecular formula is C13H22N4S. The standard InChI is InChI=1S/C13H22N4S/c1-9-10(11(14)18)12(16(4)15-9)17-7-5-6-13(2,3)8-17/h5-8H2,1-4H3,(H2,14,18). The van der Waals surface area contributed by atoms with E-state index in [1.54, 1.807) is 0 Å². The van der Waals surface area contributed by atoms with E-state index in [0.29, 0.717) is 10.4 Å². The summed E-state index contributed by atoms with van der Waals surface area (Å²) in [6.45, 7) is 8.67. The predicted octanol–water partition coefficient (Wildman–Crippen LogP) is 1.99. The van der Waals surface area contributed by atoms with Crippen LogP contribution in [0, 0.1) is 12.3 Å². The minimum atomic E-state index is 0.337. The molecule has 100 valence electrons. The van der Waals surface area contributed by atoms with Gasteiger partial charge in [0, 0.05) is 20.1 Å². The average molecular weight is 266 g/mol. The van der Waals surface area contributed by atoms with Gasteiger partial charge in [-0.15, -0.1) is 0 Å². The van der Waals surface area contributed by atoms with Crippen LogP contribution >= 0.6 is 12.2 Å².